The van der Waals surface area contributed by atoms with Gasteiger partial charge in [0.25, 0.3) is 5.91 Å². The molecule has 2 heterocycles. The Hall–Kier alpha value is -0.700. The fraction of sp³-hybridized carbons (Fsp3) is 0.923. The van der Waals surface area contributed by atoms with Crippen LogP contribution in [0.15, 0.2) is 0 Å². The molecule has 0 aliphatic carbocycles. The molecule has 0 bridgehead atoms. The minimum Gasteiger partial charge on any atom is -0.363 e. The van der Waals surface area contributed by atoms with Crippen molar-refractivity contribution in [3.63, 3.8) is 0 Å². The van der Waals surface area contributed by atoms with Gasteiger partial charge in [-0.2, -0.15) is 4.31 Å². The average Bonchev–Trinajstić information content (AvgIpc) is 2.62. The van der Waals surface area contributed by atoms with Gasteiger partial charge in [-0.1, -0.05) is 0 Å². The normalized spacial score (nSPS) is 30.1. The van der Waals surface area contributed by atoms with Gasteiger partial charge in [-0.15, -0.1) is 0 Å². The van der Waals surface area contributed by atoms with Crippen molar-refractivity contribution in [3.05, 3.63) is 0 Å². The number of carbonyl (C=O) groups is 1. The van der Waals surface area contributed by atoms with Crippen LogP contribution in [0, 0.1) is 0 Å². The van der Waals surface area contributed by atoms with Crippen molar-refractivity contribution < 1.29 is 17.9 Å². The van der Waals surface area contributed by atoms with Crippen LogP contribution in [-0.2, 0) is 19.6 Å². The van der Waals surface area contributed by atoms with Gasteiger partial charge in [-0.05, 0) is 26.9 Å². The average molecular weight is 319 g/mol. The van der Waals surface area contributed by atoms with Gasteiger partial charge in [0.05, 0.1) is 19.4 Å². The molecule has 0 aromatic carbocycles. The first kappa shape index (κ1) is 16.7. The van der Waals surface area contributed by atoms with Gasteiger partial charge in [-0.3, -0.25) is 4.79 Å². The molecular formula is C13H25N3O4S. The summed E-state index contributed by atoms with van der Waals surface area (Å²) in [4.78, 5) is 16.8. The van der Waals surface area contributed by atoms with Crippen LogP contribution in [0.1, 0.15) is 13.3 Å². The van der Waals surface area contributed by atoms with Gasteiger partial charge >= 0.3 is 0 Å². The molecule has 122 valence electrons. The van der Waals surface area contributed by atoms with Gasteiger partial charge in [-0.25, -0.2) is 8.42 Å². The van der Waals surface area contributed by atoms with Crippen LogP contribution < -0.4 is 0 Å². The number of ether oxygens (including phenoxy) is 1. The molecule has 8 heteroatoms. The minimum absolute atomic E-state index is 0.0943. The summed E-state index contributed by atoms with van der Waals surface area (Å²) in [6, 6.07) is 0. The Morgan fingerprint density at radius 1 is 1.14 bits per heavy atom. The fourth-order valence-corrected chi connectivity index (χ4v) is 3.72. The third-order valence-electron chi connectivity index (χ3n) is 4.17. The lowest BCUT2D eigenvalue weighted by atomic mass is 10.0. The van der Waals surface area contributed by atoms with Crippen molar-refractivity contribution in [2.75, 3.05) is 59.2 Å². The monoisotopic (exact) mass is 319 g/mol. The molecular weight excluding hydrogens is 294 g/mol. The van der Waals surface area contributed by atoms with Gasteiger partial charge in [0.2, 0.25) is 10.0 Å². The highest BCUT2D eigenvalue weighted by Gasteiger charge is 2.44. The molecule has 2 aliphatic rings. The molecule has 21 heavy (non-hydrogen) atoms. The molecule has 0 radical (unpaired) electrons. The largest absolute Gasteiger partial charge is 0.363 e. The number of carbonyl (C=O) groups excluding carboxylic acids is 1. The second-order valence-corrected chi connectivity index (χ2v) is 8.11. The van der Waals surface area contributed by atoms with Crippen LogP contribution >= 0.6 is 0 Å². The molecule has 0 saturated carbocycles. The Balaban J connectivity index is 2.09. The topological polar surface area (TPSA) is 70.2 Å². The van der Waals surface area contributed by atoms with Crippen LogP contribution in [0.2, 0.25) is 0 Å². The van der Waals surface area contributed by atoms with E-state index in [2.05, 4.69) is 4.90 Å². The Morgan fingerprint density at radius 2 is 1.86 bits per heavy atom. The van der Waals surface area contributed by atoms with E-state index in [9.17, 15) is 13.2 Å². The summed E-state index contributed by atoms with van der Waals surface area (Å²) in [6.07, 6.45) is 2.10. The van der Waals surface area contributed by atoms with Crippen LogP contribution in [-0.4, -0.2) is 93.2 Å². The molecule has 0 spiro atoms. The highest BCUT2D eigenvalue weighted by Crippen LogP contribution is 2.23. The number of sulfonamides is 1. The predicted octanol–water partition coefficient (Wildman–Crippen LogP) is -0.799. The lowest BCUT2D eigenvalue weighted by Crippen LogP contribution is -2.60. The third-order valence-corrected chi connectivity index (χ3v) is 5.42. The van der Waals surface area contributed by atoms with Gasteiger partial charge in [0.1, 0.15) is 0 Å². The zero-order valence-corrected chi connectivity index (χ0v) is 13.9. The standard InChI is InChI=1S/C13H25N3O4S/c1-13(11-16(9-10-20-13)21(3,18)19)12(17)15-6-4-5-14(2)7-8-15/h4-11H2,1-3H3/t13-/m1/s1. The summed E-state index contributed by atoms with van der Waals surface area (Å²) in [5.41, 5.74) is -1.08. The molecule has 0 N–H and O–H groups in total. The van der Waals surface area contributed by atoms with E-state index in [-0.39, 0.29) is 19.1 Å². The van der Waals surface area contributed by atoms with Crippen molar-refractivity contribution in [2.45, 2.75) is 18.9 Å². The van der Waals surface area contributed by atoms with E-state index < -0.39 is 15.6 Å². The van der Waals surface area contributed by atoms with E-state index in [1.165, 1.54) is 10.6 Å². The molecule has 2 aliphatic heterocycles. The number of amides is 1. The SMILES string of the molecule is CN1CCCN(C(=O)[C@@]2(C)CN(S(C)(=O)=O)CCO2)CC1. The fourth-order valence-electron chi connectivity index (χ4n) is 2.83. The maximum atomic E-state index is 12.8. The van der Waals surface area contributed by atoms with Crippen molar-refractivity contribution >= 4 is 15.9 Å². The van der Waals surface area contributed by atoms with Crippen molar-refractivity contribution in [3.8, 4) is 0 Å². The van der Waals surface area contributed by atoms with E-state index in [0.29, 0.717) is 19.6 Å². The van der Waals surface area contributed by atoms with Crippen molar-refractivity contribution in [1.82, 2.24) is 14.1 Å². The smallest absolute Gasteiger partial charge is 0.255 e. The summed E-state index contributed by atoms with van der Waals surface area (Å²) in [5.74, 6) is -0.105. The summed E-state index contributed by atoms with van der Waals surface area (Å²) in [7, 11) is -1.26. The van der Waals surface area contributed by atoms with E-state index in [1.54, 1.807) is 11.8 Å². The van der Waals surface area contributed by atoms with E-state index >= 15 is 0 Å². The highest BCUT2D eigenvalue weighted by molar-refractivity contribution is 7.88. The zero-order valence-electron chi connectivity index (χ0n) is 13.0. The summed E-state index contributed by atoms with van der Waals surface area (Å²) >= 11 is 0. The van der Waals surface area contributed by atoms with Gasteiger partial charge in [0.15, 0.2) is 5.60 Å². The second kappa shape index (κ2) is 6.20. The molecule has 0 unspecified atom stereocenters. The molecule has 2 rings (SSSR count). The Bertz CT molecular complexity index is 496. The van der Waals surface area contributed by atoms with Crippen molar-refractivity contribution in [1.29, 1.82) is 0 Å². The second-order valence-electron chi connectivity index (χ2n) is 6.12. The molecule has 2 fully saturated rings. The maximum absolute atomic E-state index is 12.8. The number of likely N-dealkylation sites (N-methyl/N-ethyl adjacent to an activating group) is 1. The van der Waals surface area contributed by atoms with Gasteiger partial charge in [0, 0.05) is 26.2 Å². The molecule has 0 aromatic rings. The number of morpholine rings is 1. The third kappa shape index (κ3) is 3.94. The number of nitrogens with zero attached hydrogens (tertiary/aromatic N) is 3. The quantitative estimate of drug-likeness (QED) is 0.666. The van der Waals surface area contributed by atoms with E-state index in [0.717, 1.165) is 19.5 Å². The Morgan fingerprint density at radius 3 is 2.52 bits per heavy atom. The maximum Gasteiger partial charge on any atom is 0.255 e. The zero-order chi connectivity index (χ0) is 15.7. The first-order valence-corrected chi connectivity index (χ1v) is 9.14. The molecule has 1 amide bonds. The first-order valence-electron chi connectivity index (χ1n) is 7.29. The number of hydrogen-bond acceptors (Lipinski definition) is 5. The molecule has 1 atom stereocenters. The van der Waals surface area contributed by atoms with Crippen molar-refractivity contribution in [2.24, 2.45) is 0 Å². The lowest BCUT2D eigenvalue weighted by molar-refractivity contribution is -0.163. The molecule has 7 nitrogen and oxygen atoms in total. The van der Waals surface area contributed by atoms with Crippen LogP contribution in [0.4, 0.5) is 0 Å². The lowest BCUT2D eigenvalue weighted by Gasteiger charge is -2.40. The van der Waals surface area contributed by atoms with Crippen LogP contribution in [0.3, 0.4) is 0 Å². The van der Waals surface area contributed by atoms with E-state index in [4.69, 9.17) is 4.74 Å². The Kier molecular flexibility index (Phi) is 4.92. The van der Waals surface area contributed by atoms with Gasteiger partial charge < -0.3 is 14.5 Å². The predicted molar refractivity (Wildman–Crippen MR) is 79.5 cm³/mol. The Labute approximate surface area is 126 Å². The summed E-state index contributed by atoms with van der Waals surface area (Å²) in [5, 5.41) is 0. The molecule has 2 saturated heterocycles. The minimum atomic E-state index is -3.30. The number of hydrogen-bond donors (Lipinski definition) is 0. The summed E-state index contributed by atoms with van der Waals surface area (Å²) < 4.78 is 30.4. The summed E-state index contributed by atoms with van der Waals surface area (Å²) in [6.45, 7) is 5.51. The van der Waals surface area contributed by atoms with E-state index in [1.807, 2.05) is 7.05 Å². The highest BCUT2D eigenvalue weighted by atomic mass is 32.2. The van der Waals surface area contributed by atoms with Crippen LogP contribution in [0.5, 0.6) is 0 Å². The molecule has 0 aromatic heterocycles. The first-order chi connectivity index (χ1) is 9.72. The van der Waals surface area contributed by atoms with Crippen LogP contribution in [0.25, 0.3) is 0 Å². The number of rotatable bonds is 2.